The number of carbonyl (C=O) groups is 2. The maximum atomic E-state index is 13.1. The minimum atomic E-state index is -0.338. The summed E-state index contributed by atoms with van der Waals surface area (Å²) in [7, 11) is 0. The predicted octanol–water partition coefficient (Wildman–Crippen LogP) is 3.09. The molecule has 0 radical (unpaired) electrons. The summed E-state index contributed by atoms with van der Waals surface area (Å²) in [6.07, 6.45) is 2.40. The van der Waals surface area contributed by atoms with Crippen LogP contribution in [0.2, 0.25) is 0 Å². The van der Waals surface area contributed by atoms with Gasteiger partial charge in [0.2, 0.25) is 11.8 Å². The molecule has 1 heterocycles. The molecule has 33 heavy (non-hydrogen) atoms. The van der Waals surface area contributed by atoms with Gasteiger partial charge in [0.15, 0.2) is 5.16 Å². The van der Waals surface area contributed by atoms with Gasteiger partial charge in [0, 0.05) is 18.7 Å². The Hall–Kier alpha value is -3.64. The molecule has 0 saturated heterocycles. The third kappa shape index (κ3) is 6.43. The fourth-order valence-electron chi connectivity index (χ4n) is 3.41. The molecule has 0 saturated carbocycles. The lowest BCUT2D eigenvalue weighted by Gasteiger charge is -2.20. The quantitative estimate of drug-likeness (QED) is 0.202. The number of fused-ring (bicyclic) bond motifs is 1. The van der Waals surface area contributed by atoms with Crippen LogP contribution < -0.4 is 16.2 Å². The van der Waals surface area contributed by atoms with Crippen LogP contribution >= 0.6 is 11.8 Å². The zero-order valence-electron chi connectivity index (χ0n) is 18.1. The summed E-state index contributed by atoms with van der Waals surface area (Å²) in [5.41, 5.74) is 6.23. The second kappa shape index (κ2) is 11.8. The Labute approximate surface area is 196 Å². The van der Waals surface area contributed by atoms with Crippen molar-refractivity contribution >= 4 is 40.2 Å². The van der Waals surface area contributed by atoms with Gasteiger partial charge in [-0.3, -0.25) is 23.9 Å². The molecule has 3 rings (SSSR count). The molecule has 2 amide bonds. The molecule has 3 aromatic rings. The molecule has 0 aliphatic carbocycles. The Kier molecular flexibility index (Phi) is 8.61. The smallest absolute Gasteiger partial charge is 0.262 e. The topological polar surface area (TPSA) is 122 Å². The first-order valence-electron chi connectivity index (χ1n) is 10.6. The number of amides is 2. The van der Waals surface area contributed by atoms with Crippen LogP contribution in [0.3, 0.4) is 0 Å². The molecule has 0 aliphatic heterocycles. The van der Waals surface area contributed by atoms with E-state index in [9.17, 15) is 14.4 Å². The van der Waals surface area contributed by atoms with Crippen molar-refractivity contribution in [2.24, 2.45) is 5.73 Å². The molecule has 170 valence electrons. The first-order valence-corrected chi connectivity index (χ1v) is 11.6. The van der Waals surface area contributed by atoms with Gasteiger partial charge >= 0.3 is 0 Å². The highest BCUT2D eigenvalue weighted by Gasteiger charge is 2.18. The summed E-state index contributed by atoms with van der Waals surface area (Å²) < 4.78 is 1.59. The van der Waals surface area contributed by atoms with E-state index in [0.29, 0.717) is 47.6 Å². The number of benzene rings is 2. The molecule has 0 aliphatic rings. The minimum Gasteiger partial charge on any atom is -0.370 e. The molecule has 9 heteroatoms. The SMILES string of the molecule is N#CCN(C(=O)CSc1nc2ccccc2c(=O)n1CCCCCC(N)=O)c1ccccc1. The average Bonchev–Trinajstić information content (AvgIpc) is 2.82. The molecular weight excluding hydrogens is 438 g/mol. The number of para-hydroxylation sites is 2. The van der Waals surface area contributed by atoms with Crippen molar-refractivity contribution in [3.63, 3.8) is 0 Å². The normalized spacial score (nSPS) is 10.6. The zero-order valence-corrected chi connectivity index (χ0v) is 19.0. The van der Waals surface area contributed by atoms with Crippen LogP contribution in [-0.2, 0) is 16.1 Å². The van der Waals surface area contributed by atoms with Crippen molar-refractivity contribution < 1.29 is 9.59 Å². The van der Waals surface area contributed by atoms with E-state index in [0.717, 1.165) is 6.42 Å². The molecule has 0 fully saturated rings. The summed E-state index contributed by atoms with van der Waals surface area (Å²) in [5, 5.41) is 10.1. The number of aromatic nitrogens is 2. The fraction of sp³-hybridized carbons (Fsp3) is 0.292. The lowest BCUT2D eigenvalue weighted by molar-refractivity contribution is -0.118. The van der Waals surface area contributed by atoms with Crippen molar-refractivity contribution in [3.8, 4) is 6.07 Å². The highest BCUT2D eigenvalue weighted by Crippen LogP contribution is 2.21. The van der Waals surface area contributed by atoms with Gasteiger partial charge in [-0.05, 0) is 37.1 Å². The highest BCUT2D eigenvalue weighted by atomic mass is 32.2. The number of unbranched alkanes of at least 4 members (excludes halogenated alkanes) is 2. The lowest BCUT2D eigenvalue weighted by atomic mass is 10.2. The van der Waals surface area contributed by atoms with Gasteiger partial charge < -0.3 is 5.73 Å². The third-order valence-electron chi connectivity index (χ3n) is 5.05. The van der Waals surface area contributed by atoms with E-state index >= 15 is 0 Å². The maximum Gasteiger partial charge on any atom is 0.262 e. The van der Waals surface area contributed by atoms with Gasteiger partial charge in [-0.15, -0.1) is 0 Å². The van der Waals surface area contributed by atoms with Gasteiger partial charge in [0.25, 0.3) is 5.56 Å². The number of primary amides is 1. The number of rotatable bonds is 11. The molecule has 2 N–H and O–H groups in total. The van der Waals surface area contributed by atoms with E-state index < -0.39 is 0 Å². The van der Waals surface area contributed by atoms with Crippen LogP contribution in [0.1, 0.15) is 25.7 Å². The standard InChI is InChI=1S/C24H25N5O3S/c25-14-16-28(18-9-3-1-4-10-18)22(31)17-33-24-27-20-12-7-6-11-19(20)23(32)29(24)15-8-2-5-13-21(26)30/h1,3-4,6-7,9-12H,2,5,8,13,15-17H2,(H2,26,30). The summed E-state index contributed by atoms with van der Waals surface area (Å²) in [6, 6.07) is 18.1. The van der Waals surface area contributed by atoms with Crippen molar-refractivity contribution in [3.05, 3.63) is 65.0 Å². The van der Waals surface area contributed by atoms with Gasteiger partial charge in [0.05, 0.1) is 22.7 Å². The van der Waals surface area contributed by atoms with E-state index in [2.05, 4.69) is 4.98 Å². The summed E-state index contributed by atoms with van der Waals surface area (Å²) in [6.45, 7) is 0.355. The molecule has 0 bridgehead atoms. The van der Waals surface area contributed by atoms with E-state index in [-0.39, 0.29) is 29.7 Å². The Morgan fingerprint density at radius 2 is 1.79 bits per heavy atom. The Balaban J connectivity index is 1.80. The molecule has 8 nitrogen and oxygen atoms in total. The molecular formula is C24H25N5O3S. The average molecular weight is 464 g/mol. The first kappa shape index (κ1) is 24.0. The Morgan fingerprint density at radius 1 is 1.06 bits per heavy atom. The predicted molar refractivity (Wildman–Crippen MR) is 129 cm³/mol. The number of carbonyl (C=O) groups excluding carboxylic acids is 2. The van der Waals surface area contributed by atoms with Crippen molar-refractivity contribution in [2.45, 2.75) is 37.4 Å². The van der Waals surface area contributed by atoms with Crippen LogP contribution in [0.15, 0.2) is 64.5 Å². The van der Waals surface area contributed by atoms with Crippen LogP contribution in [-0.4, -0.2) is 33.7 Å². The fourth-order valence-corrected chi connectivity index (χ4v) is 4.31. The molecule has 1 aromatic heterocycles. The molecule has 0 unspecified atom stereocenters. The van der Waals surface area contributed by atoms with Crippen molar-refractivity contribution in [2.75, 3.05) is 17.2 Å². The second-order valence-corrected chi connectivity index (χ2v) is 8.35. The molecule has 0 spiro atoms. The lowest BCUT2D eigenvalue weighted by Crippen LogP contribution is -2.33. The summed E-state index contributed by atoms with van der Waals surface area (Å²) in [4.78, 5) is 43.0. The number of hydrogen-bond donors (Lipinski definition) is 1. The summed E-state index contributed by atoms with van der Waals surface area (Å²) >= 11 is 1.18. The second-order valence-electron chi connectivity index (χ2n) is 7.41. The minimum absolute atomic E-state index is 0.0308. The Bertz CT molecular complexity index is 1220. The van der Waals surface area contributed by atoms with Crippen LogP contribution in [0.4, 0.5) is 5.69 Å². The van der Waals surface area contributed by atoms with Crippen molar-refractivity contribution in [1.82, 2.24) is 9.55 Å². The van der Waals surface area contributed by atoms with Gasteiger partial charge in [-0.1, -0.05) is 48.5 Å². The van der Waals surface area contributed by atoms with Gasteiger partial charge in [-0.25, -0.2) is 4.98 Å². The zero-order chi connectivity index (χ0) is 23.6. The number of nitriles is 1. The molecule has 2 aromatic carbocycles. The van der Waals surface area contributed by atoms with E-state index in [4.69, 9.17) is 11.0 Å². The number of nitrogens with zero attached hydrogens (tertiary/aromatic N) is 4. The highest BCUT2D eigenvalue weighted by molar-refractivity contribution is 7.99. The van der Waals surface area contributed by atoms with Crippen LogP contribution in [0.5, 0.6) is 0 Å². The number of hydrogen-bond acceptors (Lipinski definition) is 6. The van der Waals surface area contributed by atoms with Crippen LogP contribution in [0, 0.1) is 11.3 Å². The summed E-state index contributed by atoms with van der Waals surface area (Å²) in [5.74, 6) is -0.555. The number of nitrogens with two attached hydrogens (primary N) is 1. The Morgan fingerprint density at radius 3 is 2.52 bits per heavy atom. The largest absolute Gasteiger partial charge is 0.370 e. The first-order chi connectivity index (χ1) is 16.0. The van der Waals surface area contributed by atoms with Crippen LogP contribution in [0.25, 0.3) is 10.9 Å². The number of anilines is 1. The van der Waals surface area contributed by atoms with E-state index in [1.165, 1.54) is 16.7 Å². The third-order valence-corrected chi connectivity index (χ3v) is 6.02. The maximum absolute atomic E-state index is 13.1. The molecule has 0 atom stereocenters. The number of thioether (sulfide) groups is 1. The van der Waals surface area contributed by atoms with E-state index in [1.807, 2.05) is 18.2 Å². The van der Waals surface area contributed by atoms with Gasteiger partial charge in [0.1, 0.15) is 6.54 Å². The van der Waals surface area contributed by atoms with Crippen molar-refractivity contribution in [1.29, 1.82) is 5.26 Å². The monoisotopic (exact) mass is 463 g/mol. The van der Waals surface area contributed by atoms with Gasteiger partial charge in [-0.2, -0.15) is 5.26 Å². The van der Waals surface area contributed by atoms with E-state index in [1.54, 1.807) is 47.0 Å².